The van der Waals surface area contributed by atoms with Crippen molar-refractivity contribution in [1.29, 1.82) is 0 Å². The Kier molecular flexibility index (Phi) is 4.21. The van der Waals surface area contributed by atoms with E-state index in [0.29, 0.717) is 34.3 Å². The molecular weight excluding hydrogens is 386 g/mol. The monoisotopic (exact) mass is 401 g/mol. The van der Waals surface area contributed by atoms with Crippen LogP contribution in [0.4, 0.5) is 5.69 Å². The lowest BCUT2D eigenvalue weighted by Crippen LogP contribution is -2.41. The number of H-pyrrole nitrogens is 1. The maximum absolute atomic E-state index is 13.0. The number of aromatic nitrogens is 1. The van der Waals surface area contributed by atoms with E-state index in [0.717, 1.165) is 0 Å². The maximum Gasteiger partial charge on any atom is 0.246 e. The molecule has 23 heavy (non-hydrogen) atoms. The standard InChI is InChI=1S/C14H16BrN3O4S/c1-8(19)13-14(23(20,21)18-2-4-22-5-3-18)9-6-10(15)11(16)7-12(9)17-13/h6-7,17H,2-5,16H2,1H3. The number of ether oxygens (including phenoxy) is 1. The number of nitrogens with one attached hydrogen (secondary N) is 1. The normalized spacial score (nSPS) is 16.8. The first kappa shape index (κ1) is 16.4. The predicted molar refractivity (Wildman–Crippen MR) is 90.0 cm³/mol. The van der Waals surface area contributed by atoms with E-state index in [-0.39, 0.29) is 29.5 Å². The molecule has 7 nitrogen and oxygen atoms in total. The number of hydrogen-bond acceptors (Lipinski definition) is 5. The van der Waals surface area contributed by atoms with E-state index in [4.69, 9.17) is 10.5 Å². The van der Waals surface area contributed by atoms with Crippen LogP contribution in [0.25, 0.3) is 10.9 Å². The number of ketones is 1. The SMILES string of the molecule is CC(=O)c1[nH]c2cc(N)c(Br)cc2c1S(=O)(=O)N1CCOCC1. The molecule has 2 aromatic rings. The minimum atomic E-state index is -3.81. The maximum atomic E-state index is 13.0. The van der Waals surface area contributed by atoms with Crippen LogP contribution >= 0.6 is 15.9 Å². The number of carbonyl (C=O) groups is 1. The van der Waals surface area contributed by atoms with Crippen molar-refractivity contribution in [2.45, 2.75) is 11.8 Å². The summed E-state index contributed by atoms with van der Waals surface area (Å²) < 4.78 is 33.2. The van der Waals surface area contributed by atoms with E-state index in [1.807, 2.05) is 0 Å². The fraction of sp³-hybridized carbons (Fsp3) is 0.357. The summed E-state index contributed by atoms with van der Waals surface area (Å²) in [5.74, 6) is -0.345. The van der Waals surface area contributed by atoms with Crippen molar-refractivity contribution in [3.63, 3.8) is 0 Å². The summed E-state index contributed by atoms with van der Waals surface area (Å²) in [5, 5.41) is 0.447. The fourth-order valence-electron chi connectivity index (χ4n) is 2.64. The van der Waals surface area contributed by atoms with E-state index >= 15 is 0 Å². The Morgan fingerprint density at radius 1 is 1.35 bits per heavy atom. The van der Waals surface area contributed by atoms with Crippen molar-refractivity contribution in [2.75, 3.05) is 32.0 Å². The van der Waals surface area contributed by atoms with E-state index in [2.05, 4.69) is 20.9 Å². The summed E-state index contributed by atoms with van der Waals surface area (Å²) in [6.45, 7) is 2.55. The number of benzene rings is 1. The molecule has 0 atom stereocenters. The lowest BCUT2D eigenvalue weighted by atomic mass is 10.2. The second kappa shape index (κ2) is 5.90. The number of Topliss-reactive ketones (excluding diaryl/α,β-unsaturated/α-hetero) is 1. The number of aromatic amines is 1. The number of hydrogen-bond donors (Lipinski definition) is 2. The molecule has 0 amide bonds. The van der Waals surface area contributed by atoms with E-state index in [1.165, 1.54) is 11.2 Å². The van der Waals surface area contributed by atoms with Gasteiger partial charge in [0.05, 0.1) is 13.2 Å². The fourth-order valence-corrected chi connectivity index (χ4v) is 4.77. The second-order valence-electron chi connectivity index (χ2n) is 5.32. The molecule has 0 spiro atoms. The van der Waals surface area contributed by atoms with Crippen molar-refractivity contribution in [3.8, 4) is 0 Å². The third kappa shape index (κ3) is 2.78. The van der Waals surface area contributed by atoms with Gasteiger partial charge in [0.25, 0.3) is 0 Å². The molecule has 1 aromatic carbocycles. The number of carbonyl (C=O) groups excluding carboxylic acids is 1. The smallest absolute Gasteiger partial charge is 0.246 e. The van der Waals surface area contributed by atoms with Gasteiger partial charge in [-0.1, -0.05) is 0 Å². The van der Waals surface area contributed by atoms with Crippen LogP contribution < -0.4 is 5.73 Å². The van der Waals surface area contributed by atoms with Gasteiger partial charge in [-0.25, -0.2) is 8.42 Å². The first-order chi connectivity index (χ1) is 10.8. The molecular formula is C14H16BrN3O4S. The highest BCUT2D eigenvalue weighted by molar-refractivity contribution is 9.10. The Hall–Kier alpha value is -1.42. The summed E-state index contributed by atoms with van der Waals surface area (Å²) in [7, 11) is -3.81. The topological polar surface area (TPSA) is 105 Å². The second-order valence-corrected chi connectivity index (χ2v) is 8.05. The van der Waals surface area contributed by atoms with Gasteiger partial charge in [0.2, 0.25) is 10.0 Å². The molecule has 3 rings (SSSR count). The van der Waals surface area contributed by atoms with Crippen LogP contribution in [-0.2, 0) is 14.8 Å². The zero-order valence-corrected chi connectivity index (χ0v) is 14.8. The highest BCUT2D eigenvalue weighted by Crippen LogP contribution is 2.34. The number of sulfonamides is 1. The molecule has 3 N–H and O–H groups in total. The third-order valence-electron chi connectivity index (χ3n) is 3.79. The largest absolute Gasteiger partial charge is 0.398 e. The van der Waals surface area contributed by atoms with Crippen molar-refractivity contribution in [3.05, 3.63) is 22.3 Å². The van der Waals surface area contributed by atoms with Crippen LogP contribution in [0.2, 0.25) is 0 Å². The molecule has 0 saturated carbocycles. The Morgan fingerprint density at radius 3 is 2.61 bits per heavy atom. The molecule has 1 aliphatic heterocycles. The first-order valence-electron chi connectivity index (χ1n) is 7.02. The molecule has 0 radical (unpaired) electrons. The molecule has 1 aliphatic rings. The van der Waals surface area contributed by atoms with Gasteiger partial charge in [0, 0.05) is 41.1 Å². The lowest BCUT2D eigenvalue weighted by molar-refractivity contribution is 0.0730. The van der Waals surface area contributed by atoms with E-state index in [9.17, 15) is 13.2 Å². The number of nitrogen functional groups attached to an aromatic ring is 1. The number of morpholine rings is 1. The summed E-state index contributed by atoms with van der Waals surface area (Å²) in [4.78, 5) is 14.8. The molecule has 9 heteroatoms. The Morgan fingerprint density at radius 2 is 2.00 bits per heavy atom. The average molecular weight is 402 g/mol. The third-order valence-corrected chi connectivity index (χ3v) is 6.46. The van der Waals surface area contributed by atoms with Crippen LogP contribution in [0.5, 0.6) is 0 Å². The van der Waals surface area contributed by atoms with Gasteiger partial charge < -0.3 is 15.5 Å². The average Bonchev–Trinajstić information content (AvgIpc) is 2.88. The van der Waals surface area contributed by atoms with Crippen LogP contribution in [0, 0.1) is 0 Å². The molecule has 0 aliphatic carbocycles. The van der Waals surface area contributed by atoms with Gasteiger partial charge in [-0.2, -0.15) is 4.31 Å². The van der Waals surface area contributed by atoms with Crippen LogP contribution in [-0.4, -0.2) is 49.8 Å². The van der Waals surface area contributed by atoms with Crippen LogP contribution in [0.15, 0.2) is 21.5 Å². The van der Waals surface area contributed by atoms with Gasteiger partial charge in [-0.05, 0) is 28.1 Å². The molecule has 2 heterocycles. The van der Waals surface area contributed by atoms with Crippen molar-refractivity contribution >= 4 is 48.3 Å². The predicted octanol–water partition coefficient (Wildman–Crippen LogP) is 1.74. The van der Waals surface area contributed by atoms with Crippen LogP contribution in [0.1, 0.15) is 17.4 Å². The number of anilines is 1. The molecule has 1 fully saturated rings. The van der Waals surface area contributed by atoms with E-state index in [1.54, 1.807) is 12.1 Å². The minimum Gasteiger partial charge on any atom is -0.398 e. The Labute approximate surface area is 142 Å². The van der Waals surface area contributed by atoms with Gasteiger partial charge in [-0.3, -0.25) is 4.79 Å². The van der Waals surface area contributed by atoms with Gasteiger partial charge >= 0.3 is 0 Å². The minimum absolute atomic E-state index is 0.00241. The highest BCUT2D eigenvalue weighted by atomic mass is 79.9. The van der Waals surface area contributed by atoms with Gasteiger partial charge in [0.1, 0.15) is 10.6 Å². The number of nitrogens with zero attached hydrogens (tertiary/aromatic N) is 1. The number of halogens is 1. The van der Waals surface area contributed by atoms with Crippen molar-refractivity contribution in [2.24, 2.45) is 0 Å². The highest BCUT2D eigenvalue weighted by Gasteiger charge is 2.33. The van der Waals surface area contributed by atoms with E-state index < -0.39 is 10.0 Å². The lowest BCUT2D eigenvalue weighted by Gasteiger charge is -2.26. The van der Waals surface area contributed by atoms with Crippen LogP contribution in [0.3, 0.4) is 0 Å². The Balaban J connectivity index is 2.27. The molecule has 0 bridgehead atoms. The zero-order chi connectivity index (χ0) is 16.8. The molecule has 0 unspecified atom stereocenters. The summed E-state index contributed by atoms with van der Waals surface area (Å²) >= 11 is 3.31. The molecule has 1 aromatic heterocycles. The van der Waals surface area contributed by atoms with Crippen molar-refractivity contribution in [1.82, 2.24) is 9.29 Å². The number of nitrogens with two attached hydrogens (primary N) is 1. The summed E-state index contributed by atoms with van der Waals surface area (Å²) in [6.07, 6.45) is 0. The number of rotatable bonds is 3. The quantitative estimate of drug-likeness (QED) is 0.601. The number of fused-ring (bicyclic) bond motifs is 1. The molecule has 124 valence electrons. The molecule has 1 saturated heterocycles. The van der Waals surface area contributed by atoms with Gasteiger partial charge in [0.15, 0.2) is 5.78 Å². The first-order valence-corrected chi connectivity index (χ1v) is 9.25. The summed E-state index contributed by atoms with van der Waals surface area (Å²) in [6, 6.07) is 3.24. The Bertz CT molecular complexity index is 885. The van der Waals surface area contributed by atoms with Crippen molar-refractivity contribution < 1.29 is 17.9 Å². The zero-order valence-electron chi connectivity index (χ0n) is 12.4. The van der Waals surface area contributed by atoms with Gasteiger partial charge in [-0.15, -0.1) is 0 Å². The summed E-state index contributed by atoms with van der Waals surface area (Å²) in [5.41, 5.74) is 6.90.